The summed E-state index contributed by atoms with van der Waals surface area (Å²) < 4.78 is 13.9. The molecule has 1 aliphatic rings. The van der Waals surface area contributed by atoms with Crippen LogP contribution < -0.4 is 5.32 Å². The van der Waals surface area contributed by atoms with Gasteiger partial charge < -0.3 is 5.32 Å². The lowest BCUT2D eigenvalue weighted by atomic mass is 9.80. The maximum Gasteiger partial charge on any atom is 0.217 e. The summed E-state index contributed by atoms with van der Waals surface area (Å²) in [7, 11) is 0. The number of benzene rings is 1. The summed E-state index contributed by atoms with van der Waals surface area (Å²) in [5, 5.41) is 2.74. The number of carbonyl (C=O) groups excluding carboxylic acids is 2. The molecule has 2 rings (SSSR count). The predicted molar refractivity (Wildman–Crippen MR) is 69.9 cm³/mol. The minimum Gasteiger partial charge on any atom is -0.349 e. The van der Waals surface area contributed by atoms with Crippen molar-refractivity contribution in [1.82, 2.24) is 5.32 Å². The fraction of sp³-hybridized carbons (Fsp3) is 0.467. The summed E-state index contributed by atoms with van der Waals surface area (Å²) in [5.74, 6) is -0.811. The lowest BCUT2D eigenvalue weighted by Gasteiger charge is -2.30. The Bertz CT molecular complexity index is 487. The second-order valence-corrected chi connectivity index (χ2v) is 5.02. The topological polar surface area (TPSA) is 46.2 Å². The highest BCUT2D eigenvalue weighted by Crippen LogP contribution is 2.33. The van der Waals surface area contributed by atoms with Crippen LogP contribution >= 0.6 is 0 Å². The third-order valence-electron chi connectivity index (χ3n) is 3.60. The third kappa shape index (κ3) is 3.19. The fourth-order valence-electron chi connectivity index (χ4n) is 2.70. The van der Waals surface area contributed by atoms with Crippen LogP contribution in [0.15, 0.2) is 24.3 Å². The molecule has 1 amide bonds. The normalized spacial score (nSPS) is 20.9. The molecule has 4 heteroatoms. The van der Waals surface area contributed by atoms with Gasteiger partial charge in [0.25, 0.3) is 0 Å². The second kappa shape index (κ2) is 5.95. The van der Waals surface area contributed by atoms with E-state index >= 15 is 0 Å². The van der Waals surface area contributed by atoms with Crippen LogP contribution in [0.4, 0.5) is 4.39 Å². The molecule has 102 valence electrons. The molecule has 0 unspecified atom stereocenters. The molecule has 0 heterocycles. The summed E-state index contributed by atoms with van der Waals surface area (Å²) in [5.41, 5.74) is 0.401. The molecule has 0 radical (unpaired) electrons. The Balaban J connectivity index is 2.32. The molecular weight excluding hydrogens is 245 g/mol. The molecule has 0 saturated heterocycles. The van der Waals surface area contributed by atoms with Crippen LogP contribution in [-0.2, 0) is 9.59 Å². The fourth-order valence-corrected chi connectivity index (χ4v) is 2.70. The largest absolute Gasteiger partial charge is 0.349 e. The summed E-state index contributed by atoms with van der Waals surface area (Å²) in [6.45, 7) is 1.39. The zero-order valence-electron chi connectivity index (χ0n) is 11.0. The highest BCUT2D eigenvalue weighted by Gasteiger charge is 2.33. The number of hydrogen-bond donors (Lipinski definition) is 1. The van der Waals surface area contributed by atoms with Gasteiger partial charge >= 0.3 is 0 Å². The van der Waals surface area contributed by atoms with Crippen LogP contribution in [0.3, 0.4) is 0 Å². The number of hydrogen-bond acceptors (Lipinski definition) is 2. The highest BCUT2D eigenvalue weighted by molar-refractivity contribution is 5.83. The monoisotopic (exact) mass is 263 g/mol. The van der Waals surface area contributed by atoms with Crippen molar-refractivity contribution >= 4 is 11.7 Å². The average Bonchev–Trinajstić information content (AvgIpc) is 2.37. The molecule has 19 heavy (non-hydrogen) atoms. The van der Waals surface area contributed by atoms with Gasteiger partial charge in [0.1, 0.15) is 11.6 Å². The van der Waals surface area contributed by atoms with Gasteiger partial charge in [0.15, 0.2) is 0 Å². The Labute approximate surface area is 112 Å². The van der Waals surface area contributed by atoms with Crippen LogP contribution in [0.5, 0.6) is 0 Å². The SMILES string of the molecule is CC(=O)N[C@@H](c1ccccc1F)[C@H]1CCCCC1=O. The lowest BCUT2D eigenvalue weighted by Crippen LogP contribution is -2.37. The Hall–Kier alpha value is -1.71. The quantitative estimate of drug-likeness (QED) is 0.911. The molecule has 0 aliphatic heterocycles. The average molecular weight is 263 g/mol. The molecule has 1 N–H and O–H groups in total. The van der Waals surface area contributed by atoms with Crippen molar-refractivity contribution in [3.8, 4) is 0 Å². The molecule has 1 aromatic rings. The van der Waals surface area contributed by atoms with E-state index in [0.717, 1.165) is 12.8 Å². The summed E-state index contributed by atoms with van der Waals surface area (Å²) in [6, 6.07) is 5.77. The molecule has 2 atom stereocenters. The number of nitrogens with one attached hydrogen (secondary N) is 1. The zero-order valence-corrected chi connectivity index (χ0v) is 11.0. The number of Topliss-reactive ketones (excluding diaryl/α,β-unsaturated/α-hetero) is 1. The zero-order chi connectivity index (χ0) is 13.8. The van der Waals surface area contributed by atoms with E-state index in [1.807, 2.05) is 0 Å². The van der Waals surface area contributed by atoms with Crippen LogP contribution in [-0.4, -0.2) is 11.7 Å². The van der Waals surface area contributed by atoms with Crippen molar-refractivity contribution in [2.24, 2.45) is 5.92 Å². The van der Waals surface area contributed by atoms with Crippen molar-refractivity contribution < 1.29 is 14.0 Å². The van der Waals surface area contributed by atoms with Crippen molar-refractivity contribution in [2.75, 3.05) is 0 Å². The minimum atomic E-state index is -0.550. The standard InChI is InChI=1S/C15H18FNO2/c1-10(18)17-15(11-6-2-4-8-13(11)16)12-7-3-5-9-14(12)19/h2,4,6,8,12,15H,3,5,7,9H2,1H3,(H,17,18)/t12-,15-/m0/s1. The molecule has 3 nitrogen and oxygen atoms in total. The second-order valence-electron chi connectivity index (χ2n) is 5.02. The maximum absolute atomic E-state index is 13.9. The first-order chi connectivity index (χ1) is 9.09. The number of carbonyl (C=O) groups is 2. The van der Waals surface area contributed by atoms with Crippen molar-refractivity contribution in [3.63, 3.8) is 0 Å². The van der Waals surface area contributed by atoms with Gasteiger partial charge in [-0.2, -0.15) is 0 Å². The first-order valence-electron chi connectivity index (χ1n) is 6.64. The smallest absolute Gasteiger partial charge is 0.217 e. The lowest BCUT2D eigenvalue weighted by molar-refractivity contribution is -0.127. The number of ketones is 1. The van der Waals surface area contributed by atoms with E-state index in [4.69, 9.17) is 0 Å². The van der Waals surface area contributed by atoms with Gasteiger partial charge in [-0.15, -0.1) is 0 Å². The van der Waals surface area contributed by atoms with E-state index in [0.29, 0.717) is 18.4 Å². The summed E-state index contributed by atoms with van der Waals surface area (Å²) in [6.07, 6.45) is 3.06. The van der Waals surface area contributed by atoms with Crippen LogP contribution in [0, 0.1) is 11.7 Å². The molecule has 0 bridgehead atoms. The van der Waals surface area contributed by atoms with E-state index in [1.54, 1.807) is 18.2 Å². The first kappa shape index (κ1) is 13.7. The van der Waals surface area contributed by atoms with Gasteiger partial charge in [-0.05, 0) is 18.9 Å². The molecule has 0 spiro atoms. The van der Waals surface area contributed by atoms with Crippen LogP contribution in [0.25, 0.3) is 0 Å². The Kier molecular flexibility index (Phi) is 4.30. The molecule has 1 fully saturated rings. The van der Waals surface area contributed by atoms with Gasteiger partial charge in [-0.25, -0.2) is 4.39 Å². The van der Waals surface area contributed by atoms with E-state index in [-0.39, 0.29) is 23.4 Å². The predicted octanol–water partition coefficient (Wildman–Crippen LogP) is 2.76. The van der Waals surface area contributed by atoms with Crippen molar-refractivity contribution in [1.29, 1.82) is 0 Å². The summed E-state index contributed by atoms with van der Waals surface area (Å²) in [4.78, 5) is 23.4. The van der Waals surface area contributed by atoms with Gasteiger partial charge in [0.2, 0.25) is 5.91 Å². The Morgan fingerprint density at radius 1 is 1.37 bits per heavy atom. The third-order valence-corrected chi connectivity index (χ3v) is 3.60. The number of rotatable bonds is 3. The number of halogens is 1. The number of amides is 1. The van der Waals surface area contributed by atoms with Gasteiger partial charge in [-0.1, -0.05) is 24.6 Å². The molecule has 0 aromatic heterocycles. The van der Waals surface area contributed by atoms with Gasteiger partial charge in [0.05, 0.1) is 6.04 Å². The molecule has 1 saturated carbocycles. The summed E-state index contributed by atoms with van der Waals surface area (Å²) >= 11 is 0. The maximum atomic E-state index is 13.9. The first-order valence-corrected chi connectivity index (χ1v) is 6.64. The van der Waals surface area contributed by atoms with Crippen LogP contribution in [0.2, 0.25) is 0 Å². The van der Waals surface area contributed by atoms with Crippen molar-refractivity contribution in [3.05, 3.63) is 35.6 Å². The minimum absolute atomic E-state index is 0.119. The van der Waals surface area contributed by atoms with Gasteiger partial charge in [0, 0.05) is 24.8 Å². The van der Waals surface area contributed by atoms with E-state index in [2.05, 4.69) is 5.32 Å². The van der Waals surface area contributed by atoms with E-state index < -0.39 is 6.04 Å². The van der Waals surface area contributed by atoms with E-state index in [1.165, 1.54) is 13.0 Å². The van der Waals surface area contributed by atoms with Crippen LogP contribution in [0.1, 0.15) is 44.2 Å². The van der Waals surface area contributed by atoms with E-state index in [9.17, 15) is 14.0 Å². The molecule has 1 aliphatic carbocycles. The molecule has 1 aromatic carbocycles. The molecular formula is C15H18FNO2. The van der Waals surface area contributed by atoms with Gasteiger partial charge in [-0.3, -0.25) is 9.59 Å². The van der Waals surface area contributed by atoms with Crippen molar-refractivity contribution in [2.45, 2.75) is 38.6 Å². The highest BCUT2D eigenvalue weighted by atomic mass is 19.1. The Morgan fingerprint density at radius 3 is 2.74 bits per heavy atom. The Morgan fingerprint density at radius 2 is 2.11 bits per heavy atom.